The minimum absolute atomic E-state index is 0.0538. The molecule has 0 aliphatic heterocycles. The van der Waals surface area contributed by atoms with Gasteiger partial charge < -0.3 is 15.8 Å². The van der Waals surface area contributed by atoms with Gasteiger partial charge in [-0.1, -0.05) is 6.08 Å². The predicted octanol–water partition coefficient (Wildman–Crippen LogP) is 1.74. The summed E-state index contributed by atoms with van der Waals surface area (Å²) in [5, 5.41) is 16.0. The van der Waals surface area contributed by atoms with Crippen LogP contribution in [-0.4, -0.2) is 29.2 Å². The number of rotatable bonds is 6. The lowest BCUT2D eigenvalue weighted by atomic mass is 10.3. The number of carbonyl (C=O) groups is 1. The van der Waals surface area contributed by atoms with Crippen molar-refractivity contribution in [3.63, 3.8) is 0 Å². The Bertz CT molecular complexity index is 532. The van der Waals surface area contributed by atoms with Crippen molar-refractivity contribution in [2.45, 2.75) is 6.92 Å². The van der Waals surface area contributed by atoms with Gasteiger partial charge in [-0.25, -0.2) is 9.78 Å². The Labute approximate surface area is 115 Å². The molecule has 0 spiro atoms. The third-order valence-electron chi connectivity index (χ3n) is 2.14. The van der Waals surface area contributed by atoms with Crippen LogP contribution < -0.4 is 16.4 Å². The van der Waals surface area contributed by atoms with Gasteiger partial charge in [0.15, 0.2) is 0 Å². The van der Waals surface area contributed by atoms with E-state index in [1.807, 2.05) is 0 Å². The van der Waals surface area contributed by atoms with Crippen molar-refractivity contribution >= 4 is 29.1 Å². The highest BCUT2D eigenvalue weighted by molar-refractivity contribution is 5.86. The number of nitrogens with one attached hydrogen (secondary N) is 2. The van der Waals surface area contributed by atoms with Crippen LogP contribution in [0.15, 0.2) is 18.7 Å². The van der Waals surface area contributed by atoms with E-state index in [9.17, 15) is 14.9 Å². The fourth-order valence-electron chi connectivity index (χ4n) is 1.40. The molecular weight excluding hydrogens is 266 g/mol. The summed E-state index contributed by atoms with van der Waals surface area (Å²) in [4.78, 5) is 25.3. The van der Waals surface area contributed by atoms with E-state index in [0.29, 0.717) is 6.54 Å². The highest BCUT2D eigenvalue weighted by atomic mass is 16.6. The molecule has 20 heavy (non-hydrogen) atoms. The van der Waals surface area contributed by atoms with Crippen molar-refractivity contribution in [2.75, 3.05) is 29.5 Å². The number of nitrogen functional groups attached to an aromatic ring is 1. The monoisotopic (exact) mass is 281 g/mol. The second-order valence-electron chi connectivity index (χ2n) is 3.56. The fourth-order valence-corrected chi connectivity index (χ4v) is 1.40. The van der Waals surface area contributed by atoms with Gasteiger partial charge in [0.25, 0.3) is 0 Å². The highest BCUT2D eigenvalue weighted by Crippen LogP contribution is 2.31. The van der Waals surface area contributed by atoms with Crippen molar-refractivity contribution < 1.29 is 14.5 Å². The molecule has 0 saturated carbocycles. The molecule has 0 aliphatic carbocycles. The first-order chi connectivity index (χ1) is 9.49. The van der Waals surface area contributed by atoms with E-state index in [1.165, 1.54) is 12.1 Å². The van der Waals surface area contributed by atoms with Gasteiger partial charge in [0, 0.05) is 12.6 Å². The molecule has 4 N–H and O–H groups in total. The number of carbonyl (C=O) groups excluding carboxylic acids is 1. The lowest BCUT2D eigenvalue weighted by molar-refractivity contribution is -0.383. The summed E-state index contributed by atoms with van der Waals surface area (Å²) < 4.78 is 4.68. The summed E-state index contributed by atoms with van der Waals surface area (Å²) in [6.45, 7) is 5.63. The van der Waals surface area contributed by atoms with Gasteiger partial charge in [-0.05, 0) is 6.92 Å². The van der Waals surface area contributed by atoms with Crippen molar-refractivity contribution in [3.8, 4) is 0 Å². The van der Waals surface area contributed by atoms with Gasteiger partial charge >= 0.3 is 11.8 Å². The van der Waals surface area contributed by atoms with E-state index in [1.54, 1.807) is 6.92 Å². The van der Waals surface area contributed by atoms with E-state index in [4.69, 9.17) is 5.73 Å². The SMILES string of the molecule is C=CCNc1cc(NC(=O)OCC)nc(N)c1[N+](=O)[O-]. The van der Waals surface area contributed by atoms with Crippen LogP contribution >= 0.6 is 0 Å². The van der Waals surface area contributed by atoms with Crippen LogP contribution in [0.25, 0.3) is 0 Å². The average molecular weight is 281 g/mol. The number of nitrogens with zero attached hydrogens (tertiary/aromatic N) is 2. The number of anilines is 3. The van der Waals surface area contributed by atoms with Crippen LogP contribution in [0.2, 0.25) is 0 Å². The molecule has 0 radical (unpaired) electrons. The molecule has 1 rings (SSSR count). The number of pyridine rings is 1. The zero-order valence-corrected chi connectivity index (χ0v) is 10.9. The van der Waals surface area contributed by atoms with Crippen LogP contribution in [0.4, 0.5) is 27.8 Å². The summed E-state index contributed by atoms with van der Waals surface area (Å²) in [5.74, 6) is -0.256. The number of ether oxygens (including phenoxy) is 1. The molecule has 1 aromatic heterocycles. The number of aromatic nitrogens is 1. The molecule has 0 fully saturated rings. The molecule has 0 aromatic carbocycles. The Morgan fingerprint density at radius 3 is 2.95 bits per heavy atom. The van der Waals surface area contributed by atoms with Crippen LogP contribution in [0, 0.1) is 10.1 Å². The third kappa shape index (κ3) is 3.83. The smallest absolute Gasteiger partial charge is 0.412 e. The van der Waals surface area contributed by atoms with Crippen LogP contribution in [0.3, 0.4) is 0 Å². The molecule has 1 aromatic rings. The summed E-state index contributed by atoms with van der Waals surface area (Å²) >= 11 is 0. The molecule has 0 atom stereocenters. The number of hydrogen-bond acceptors (Lipinski definition) is 7. The summed E-state index contributed by atoms with van der Waals surface area (Å²) in [6.07, 6.45) is 0.807. The van der Waals surface area contributed by atoms with Crippen LogP contribution in [0.5, 0.6) is 0 Å². The van der Waals surface area contributed by atoms with Gasteiger partial charge in [-0.2, -0.15) is 0 Å². The van der Waals surface area contributed by atoms with Gasteiger partial charge in [0.1, 0.15) is 11.5 Å². The zero-order valence-electron chi connectivity index (χ0n) is 10.9. The standard InChI is InChI=1S/C11H15N5O4/c1-3-5-13-7-6-8(15-11(17)20-4-2)14-10(12)9(7)16(18)19/h3,6H,1,4-5H2,2H3,(H4,12,13,14,15,17). The van der Waals surface area contributed by atoms with Crippen molar-refractivity contribution in [1.29, 1.82) is 0 Å². The number of nitro groups is 1. The van der Waals surface area contributed by atoms with Gasteiger partial charge in [0.05, 0.1) is 11.5 Å². The summed E-state index contributed by atoms with van der Waals surface area (Å²) in [6, 6.07) is 1.30. The molecule has 0 unspecified atom stereocenters. The van der Waals surface area contributed by atoms with Gasteiger partial charge in [-0.15, -0.1) is 6.58 Å². The fraction of sp³-hybridized carbons (Fsp3) is 0.273. The molecule has 0 saturated heterocycles. The second kappa shape index (κ2) is 6.92. The zero-order chi connectivity index (χ0) is 15.1. The predicted molar refractivity (Wildman–Crippen MR) is 74.6 cm³/mol. The Hall–Kier alpha value is -2.84. The van der Waals surface area contributed by atoms with E-state index in [2.05, 4.69) is 26.9 Å². The maximum Gasteiger partial charge on any atom is 0.412 e. The molecule has 1 amide bonds. The second-order valence-corrected chi connectivity index (χ2v) is 3.56. The topological polar surface area (TPSA) is 132 Å². The highest BCUT2D eigenvalue weighted by Gasteiger charge is 2.21. The minimum Gasteiger partial charge on any atom is -0.450 e. The minimum atomic E-state index is -0.720. The van der Waals surface area contributed by atoms with Crippen LogP contribution in [-0.2, 0) is 4.74 Å². The van der Waals surface area contributed by atoms with Gasteiger partial charge in [0.2, 0.25) is 5.82 Å². The molecular formula is C11H15N5O4. The van der Waals surface area contributed by atoms with Crippen molar-refractivity contribution in [3.05, 3.63) is 28.8 Å². The van der Waals surface area contributed by atoms with E-state index < -0.39 is 11.0 Å². The number of amides is 1. The molecule has 1 heterocycles. The number of nitrogens with two attached hydrogens (primary N) is 1. The molecule has 9 nitrogen and oxygen atoms in total. The first kappa shape index (κ1) is 15.2. The average Bonchev–Trinajstić information content (AvgIpc) is 2.35. The van der Waals surface area contributed by atoms with Gasteiger partial charge in [-0.3, -0.25) is 15.4 Å². The largest absolute Gasteiger partial charge is 0.450 e. The van der Waals surface area contributed by atoms with Crippen molar-refractivity contribution in [1.82, 2.24) is 4.98 Å². The Morgan fingerprint density at radius 1 is 1.70 bits per heavy atom. The summed E-state index contributed by atoms with van der Waals surface area (Å²) in [5.41, 5.74) is 5.31. The maximum absolute atomic E-state index is 11.3. The van der Waals surface area contributed by atoms with E-state index >= 15 is 0 Å². The van der Waals surface area contributed by atoms with Crippen LogP contribution in [0.1, 0.15) is 6.92 Å². The Balaban J connectivity index is 3.10. The molecule has 108 valence electrons. The lowest BCUT2D eigenvalue weighted by Gasteiger charge is -2.10. The van der Waals surface area contributed by atoms with Crippen molar-refractivity contribution in [2.24, 2.45) is 0 Å². The molecule has 0 aliphatic rings. The Kier molecular flexibility index (Phi) is 5.27. The third-order valence-corrected chi connectivity index (χ3v) is 2.14. The Morgan fingerprint density at radius 2 is 2.40 bits per heavy atom. The first-order valence-electron chi connectivity index (χ1n) is 5.73. The molecule has 0 bridgehead atoms. The van der Waals surface area contributed by atoms with E-state index in [-0.39, 0.29) is 29.6 Å². The molecule has 9 heteroatoms. The lowest BCUT2D eigenvalue weighted by Crippen LogP contribution is -2.16. The quantitative estimate of drug-likeness (QED) is 0.411. The first-order valence-corrected chi connectivity index (χ1v) is 5.73. The normalized spacial score (nSPS) is 9.65. The van der Waals surface area contributed by atoms with E-state index in [0.717, 1.165) is 0 Å². The maximum atomic E-state index is 11.3. The summed E-state index contributed by atoms with van der Waals surface area (Å²) in [7, 11) is 0. The number of hydrogen-bond donors (Lipinski definition) is 3.